The Morgan fingerprint density at radius 1 is 1.38 bits per heavy atom. The second-order valence-electron chi connectivity index (χ2n) is 4.30. The number of hydrogen-bond acceptors (Lipinski definition) is 5. The maximum absolute atomic E-state index is 11.4. The number of fused-ring (bicyclic) bond motifs is 1. The van der Waals surface area contributed by atoms with Gasteiger partial charge in [-0.05, 0) is 19.1 Å². The molecule has 1 unspecified atom stereocenters. The van der Waals surface area contributed by atoms with E-state index in [2.05, 4.69) is 15.9 Å². The van der Waals surface area contributed by atoms with Gasteiger partial charge in [-0.15, -0.1) is 0 Å². The summed E-state index contributed by atoms with van der Waals surface area (Å²) < 4.78 is 21.8. The Bertz CT molecular complexity index is 515. The Morgan fingerprint density at radius 2 is 2.14 bits per heavy atom. The largest absolute Gasteiger partial charge is 0.493 e. The van der Waals surface area contributed by atoms with Crippen molar-refractivity contribution in [3.8, 4) is 11.5 Å². The third-order valence-electron chi connectivity index (χ3n) is 2.72. The Hall–Kier alpha value is -1.69. The van der Waals surface area contributed by atoms with Crippen molar-refractivity contribution in [2.24, 2.45) is 0 Å². The van der Waals surface area contributed by atoms with Gasteiger partial charge in [-0.3, -0.25) is 0 Å². The van der Waals surface area contributed by atoms with Gasteiger partial charge >= 0.3 is 5.97 Å². The summed E-state index contributed by atoms with van der Waals surface area (Å²) in [5.74, 6) is 1.51. The molecule has 0 fully saturated rings. The maximum atomic E-state index is 11.4. The molecule has 1 aromatic rings. The number of carbonyl (C=O) groups is 1. The third kappa shape index (κ3) is 4.67. The van der Waals surface area contributed by atoms with Crippen LogP contribution in [-0.4, -0.2) is 37.2 Å². The minimum absolute atomic E-state index is 0.218. The van der Waals surface area contributed by atoms with Crippen LogP contribution in [0.4, 0.5) is 0 Å². The predicted octanol–water partition coefficient (Wildman–Crippen LogP) is 2.68. The van der Waals surface area contributed by atoms with Crippen molar-refractivity contribution in [3.05, 3.63) is 36.1 Å². The van der Waals surface area contributed by atoms with Crippen LogP contribution in [0.25, 0.3) is 0 Å². The lowest BCUT2D eigenvalue weighted by molar-refractivity contribution is -0.137. The van der Waals surface area contributed by atoms with Gasteiger partial charge in [0.15, 0.2) is 17.6 Å². The van der Waals surface area contributed by atoms with Gasteiger partial charge < -0.3 is 18.9 Å². The number of hydrogen-bond donors (Lipinski definition) is 0. The number of esters is 1. The molecule has 0 bridgehead atoms. The molecule has 1 aliphatic rings. The van der Waals surface area contributed by atoms with E-state index in [0.29, 0.717) is 36.7 Å². The van der Waals surface area contributed by atoms with Crippen molar-refractivity contribution in [1.29, 1.82) is 0 Å². The molecule has 1 heterocycles. The van der Waals surface area contributed by atoms with E-state index in [0.717, 1.165) is 5.75 Å². The van der Waals surface area contributed by atoms with E-state index in [-0.39, 0.29) is 6.10 Å². The first kappa shape index (κ1) is 15.7. The van der Waals surface area contributed by atoms with E-state index < -0.39 is 5.97 Å². The van der Waals surface area contributed by atoms with Gasteiger partial charge in [-0.25, -0.2) is 4.79 Å². The maximum Gasteiger partial charge on any atom is 0.334 e. The first-order valence-electron chi connectivity index (χ1n) is 6.67. The van der Waals surface area contributed by atoms with Crippen LogP contribution in [0.3, 0.4) is 0 Å². The molecule has 0 amide bonds. The van der Waals surface area contributed by atoms with Crippen LogP contribution >= 0.6 is 15.9 Å². The zero-order chi connectivity index (χ0) is 15.1. The highest BCUT2D eigenvalue weighted by atomic mass is 79.9. The molecule has 1 aromatic carbocycles. The summed E-state index contributed by atoms with van der Waals surface area (Å²) >= 11 is 3.27. The quantitative estimate of drug-likeness (QED) is 0.339. The smallest absolute Gasteiger partial charge is 0.334 e. The number of halogens is 1. The van der Waals surface area contributed by atoms with Crippen molar-refractivity contribution in [1.82, 2.24) is 0 Å². The highest BCUT2D eigenvalue weighted by molar-refractivity contribution is 9.09. The number of alkyl halides is 1. The van der Waals surface area contributed by atoms with Crippen LogP contribution < -0.4 is 9.47 Å². The van der Waals surface area contributed by atoms with Crippen LogP contribution in [0, 0.1) is 0 Å². The summed E-state index contributed by atoms with van der Waals surface area (Å²) in [7, 11) is 0. The van der Waals surface area contributed by atoms with Gasteiger partial charge in [0.05, 0.1) is 18.0 Å². The first-order chi connectivity index (χ1) is 10.2. The SMILES string of the molecule is CCOC(=O)C=C(CBr)OCC1COc2ccccc2O1. The zero-order valence-electron chi connectivity index (χ0n) is 11.7. The Kier molecular flexibility index (Phi) is 5.92. The standard InChI is InChI=1S/C15H17BrO5/c1-2-18-15(17)7-11(8-16)19-9-12-10-20-13-5-3-4-6-14(13)21-12/h3-7,12H,2,8-10H2,1H3. The van der Waals surface area contributed by atoms with E-state index in [1.54, 1.807) is 6.92 Å². The monoisotopic (exact) mass is 356 g/mol. The molecule has 0 aliphatic carbocycles. The summed E-state index contributed by atoms with van der Waals surface area (Å²) in [4.78, 5) is 11.4. The molecule has 0 saturated carbocycles. The average Bonchev–Trinajstić information content (AvgIpc) is 2.51. The molecule has 0 radical (unpaired) electrons. The minimum atomic E-state index is -0.418. The van der Waals surface area contributed by atoms with Crippen LogP contribution in [0.2, 0.25) is 0 Å². The Labute approximate surface area is 132 Å². The average molecular weight is 357 g/mol. The van der Waals surface area contributed by atoms with Crippen molar-refractivity contribution in [2.75, 3.05) is 25.2 Å². The molecule has 6 heteroatoms. The van der Waals surface area contributed by atoms with Gasteiger partial charge in [0.25, 0.3) is 0 Å². The predicted molar refractivity (Wildman–Crippen MR) is 80.8 cm³/mol. The van der Waals surface area contributed by atoms with Crippen LogP contribution in [0.5, 0.6) is 11.5 Å². The van der Waals surface area contributed by atoms with Crippen LogP contribution in [0.1, 0.15) is 6.92 Å². The lowest BCUT2D eigenvalue weighted by Crippen LogP contribution is -2.33. The lowest BCUT2D eigenvalue weighted by Gasteiger charge is -2.26. The number of rotatable bonds is 6. The molecule has 0 aromatic heterocycles. The second-order valence-corrected chi connectivity index (χ2v) is 4.87. The van der Waals surface area contributed by atoms with Gasteiger partial charge in [-0.1, -0.05) is 28.1 Å². The van der Waals surface area contributed by atoms with E-state index in [9.17, 15) is 4.79 Å². The highest BCUT2D eigenvalue weighted by Gasteiger charge is 2.21. The summed E-state index contributed by atoms with van der Waals surface area (Å²) in [5, 5.41) is 0.427. The molecule has 21 heavy (non-hydrogen) atoms. The fraction of sp³-hybridized carbons (Fsp3) is 0.400. The van der Waals surface area contributed by atoms with Crippen molar-refractivity contribution < 1.29 is 23.7 Å². The molecule has 1 aliphatic heterocycles. The molecular weight excluding hydrogens is 340 g/mol. The molecule has 0 saturated heterocycles. The lowest BCUT2D eigenvalue weighted by atomic mass is 10.3. The summed E-state index contributed by atoms with van der Waals surface area (Å²) in [6.07, 6.45) is 1.11. The van der Waals surface area contributed by atoms with Crippen molar-refractivity contribution >= 4 is 21.9 Å². The van der Waals surface area contributed by atoms with Gasteiger partial charge in [0, 0.05) is 0 Å². The van der Waals surface area contributed by atoms with Crippen molar-refractivity contribution in [3.63, 3.8) is 0 Å². The fourth-order valence-corrected chi connectivity index (χ4v) is 2.10. The third-order valence-corrected chi connectivity index (χ3v) is 3.27. The summed E-state index contributed by atoms with van der Waals surface area (Å²) in [5.41, 5.74) is 0. The minimum Gasteiger partial charge on any atom is -0.493 e. The molecule has 2 rings (SSSR count). The number of benzene rings is 1. The first-order valence-corrected chi connectivity index (χ1v) is 7.79. The van der Waals surface area contributed by atoms with Crippen molar-refractivity contribution in [2.45, 2.75) is 13.0 Å². The zero-order valence-corrected chi connectivity index (χ0v) is 13.3. The number of carbonyl (C=O) groups excluding carboxylic acids is 1. The topological polar surface area (TPSA) is 54.0 Å². The second kappa shape index (κ2) is 7.93. The molecular formula is C15H17BrO5. The number of para-hydroxylation sites is 2. The van der Waals surface area contributed by atoms with E-state index in [4.69, 9.17) is 18.9 Å². The molecule has 5 nitrogen and oxygen atoms in total. The van der Waals surface area contributed by atoms with Gasteiger partial charge in [-0.2, -0.15) is 0 Å². The number of allylic oxidation sites excluding steroid dienone is 1. The molecule has 0 N–H and O–H groups in total. The fourth-order valence-electron chi connectivity index (χ4n) is 1.78. The van der Waals surface area contributed by atoms with E-state index >= 15 is 0 Å². The molecule has 0 spiro atoms. The highest BCUT2D eigenvalue weighted by Crippen LogP contribution is 2.30. The van der Waals surface area contributed by atoms with Crippen LogP contribution in [-0.2, 0) is 14.3 Å². The number of ether oxygens (including phenoxy) is 4. The Morgan fingerprint density at radius 3 is 2.86 bits per heavy atom. The molecule has 114 valence electrons. The molecule has 1 atom stereocenters. The normalized spacial score (nSPS) is 17.2. The van der Waals surface area contributed by atoms with E-state index in [1.165, 1.54) is 6.08 Å². The Balaban J connectivity index is 1.87. The summed E-state index contributed by atoms with van der Waals surface area (Å²) in [6.45, 7) is 2.80. The van der Waals surface area contributed by atoms with E-state index in [1.807, 2.05) is 24.3 Å². The van der Waals surface area contributed by atoms with Crippen LogP contribution in [0.15, 0.2) is 36.1 Å². The van der Waals surface area contributed by atoms with Gasteiger partial charge in [0.2, 0.25) is 0 Å². The van der Waals surface area contributed by atoms with Gasteiger partial charge in [0.1, 0.15) is 19.0 Å². The summed E-state index contributed by atoms with van der Waals surface area (Å²) in [6, 6.07) is 7.48.